The molecule has 0 aromatic heterocycles. The van der Waals surface area contributed by atoms with Gasteiger partial charge >= 0.3 is 6.18 Å². The maximum atomic E-state index is 12.1. The molecule has 0 spiro atoms. The largest absolute Gasteiger partial charge is 0.389 e. The van der Waals surface area contributed by atoms with Crippen molar-refractivity contribution in [3.05, 3.63) is 34.9 Å². The Bertz CT molecular complexity index is 388. The van der Waals surface area contributed by atoms with E-state index in [4.69, 9.17) is 5.84 Å². The minimum Gasteiger partial charge on any atom is -0.271 e. The lowest BCUT2D eigenvalue weighted by Crippen LogP contribution is -2.29. The molecule has 3 N–H and O–H groups in total. The number of nitrogens with one attached hydrogen (secondary N) is 1. The van der Waals surface area contributed by atoms with Crippen LogP contribution in [0.3, 0.4) is 0 Å². The van der Waals surface area contributed by atoms with Crippen molar-refractivity contribution in [1.29, 1.82) is 0 Å². The minimum atomic E-state index is -4.10. The summed E-state index contributed by atoms with van der Waals surface area (Å²) in [5.74, 6) is 5.44. The molecule has 2 nitrogen and oxygen atoms in total. The topological polar surface area (TPSA) is 38.0 Å². The van der Waals surface area contributed by atoms with Crippen LogP contribution in [0.4, 0.5) is 13.2 Å². The summed E-state index contributed by atoms with van der Waals surface area (Å²) in [6.45, 7) is 3.88. The van der Waals surface area contributed by atoms with E-state index in [1.807, 2.05) is 32.0 Å². The van der Waals surface area contributed by atoms with E-state index in [9.17, 15) is 13.2 Å². The molecule has 0 radical (unpaired) electrons. The molecule has 0 aliphatic carbocycles. The number of alkyl halides is 3. The highest BCUT2D eigenvalue weighted by molar-refractivity contribution is 5.32. The van der Waals surface area contributed by atoms with E-state index < -0.39 is 12.6 Å². The molecule has 0 aliphatic rings. The van der Waals surface area contributed by atoms with Crippen LogP contribution in [0.1, 0.15) is 42.0 Å². The number of benzene rings is 1. The van der Waals surface area contributed by atoms with Gasteiger partial charge in [-0.25, -0.2) is 0 Å². The Morgan fingerprint density at radius 2 is 1.94 bits per heavy atom. The fraction of sp³-hybridized carbons (Fsp3) is 0.538. The molecule has 0 heterocycles. The SMILES string of the molecule is Cc1ccc(C)c(C(CCCC(F)(F)F)NN)c1. The molecule has 18 heavy (non-hydrogen) atoms. The van der Waals surface area contributed by atoms with E-state index in [0.29, 0.717) is 6.42 Å². The van der Waals surface area contributed by atoms with E-state index in [1.165, 1.54) is 0 Å². The van der Waals surface area contributed by atoms with E-state index in [1.54, 1.807) is 0 Å². The molecule has 1 aromatic carbocycles. The quantitative estimate of drug-likeness (QED) is 0.627. The van der Waals surface area contributed by atoms with Gasteiger partial charge in [-0.1, -0.05) is 23.8 Å². The van der Waals surface area contributed by atoms with Crippen LogP contribution in [0.25, 0.3) is 0 Å². The summed E-state index contributed by atoms with van der Waals surface area (Å²) in [4.78, 5) is 0. The summed E-state index contributed by atoms with van der Waals surface area (Å²) >= 11 is 0. The van der Waals surface area contributed by atoms with E-state index in [0.717, 1.165) is 16.7 Å². The van der Waals surface area contributed by atoms with Crippen molar-refractivity contribution in [2.24, 2.45) is 5.84 Å². The first-order valence-electron chi connectivity index (χ1n) is 5.93. The van der Waals surface area contributed by atoms with Crippen LogP contribution in [0.2, 0.25) is 0 Å². The number of hydrogen-bond acceptors (Lipinski definition) is 2. The first kappa shape index (κ1) is 15.0. The Labute approximate surface area is 105 Å². The third-order valence-electron chi connectivity index (χ3n) is 2.96. The van der Waals surface area contributed by atoms with Crippen LogP contribution in [0.15, 0.2) is 18.2 Å². The molecule has 1 rings (SSSR count). The molecule has 0 fully saturated rings. The average Bonchev–Trinajstić information content (AvgIpc) is 2.27. The van der Waals surface area contributed by atoms with Crippen LogP contribution < -0.4 is 11.3 Å². The van der Waals surface area contributed by atoms with Crippen molar-refractivity contribution in [1.82, 2.24) is 5.43 Å². The van der Waals surface area contributed by atoms with Gasteiger partial charge in [0.05, 0.1) is 0 Å². The van der Waals surface area contributed by atoms with Gasteiger partial charge in [0, 0.05) is 12.5 Å². The number of rotatable bonds is 5. The normalized spacial score (nSPS) is 13.7. The maximum Gasteiger partial charge on any atom is 0.389 e. The molecular weight excluding hydrogens is 241 g/mol. The summed E-state index contributed by atoms with van der Waals surface area (Å²) in [5.41, 5.74) is 5.69. The summed E-state index contributed by atoms with van der Waals surface area (Å²) in [7, 11) is 0. The van der Waals surface area contributed by atoms with Crippen molar-refractivity contribution in [2.75, 3.05) is 0 Å². The fourth-order valence-corrected chi connectivity index (χ4v) is 1.97. The first-order chi connectivity index (χ1) is 8.33. The Morgan fingerprint density at radius 3 is 2.50 bits per heavy atom. The second kappa shape index (κ2) is 6.20. The smallest absolute Gasteiger partial charge is 0.271 e. The summed E-state index contributed by atoms with van der Waals surface area (Å²) in [6, 6.07) is 5.67. The van der Waals surface area contributed by atoms with Crippen molar-refractivity contribution in [3.8, 4) is 0 Å². The number of aryl methyl sites for hydroxylation is 2. The zero-order valence-electron chi connectivity index (χ0n) is 10.6. The van der Waals surface area contributed by atoms with Gasteiger partial charge in [0.2, 0.25) is 0 Å². The van der Waals surface area contributed by atoms with E-state index >= 15 is 0 Å². The highest BCUT2D eigenvalue weighted by Crippen LogP contribution is 2.27. The lowest BCUT2D eigenvalue weighted by Gasteiger charge is -2.19. The molecule has 0 aliphatic heterocycles. The molecule has 0 bridgehead atoms. The Morgan fingerprint density at radius 1 is 1.28 bits per heavy atom. The Balaban J connectivity index is 2.68. The molecule has 1 unspecified atom stereocenters. The van der Waals surface area contributed by atoms with Crippen LogP contribution in [0, 0.1) is 13.8 Å². The number of nitrogens with two attached hydrogens (primary N) is 1. The van der Waals surface area contributed by atoms with Gasteiger partial charge in [0.15, 0.2) is 0 Å². The summed E-state index contributed by atoms with van der Waals surface area (Å²) < 4.78 is 36.3. The second-order valence-corrected chi connectivity index (χ2v) is 4.59. The van der Waals surface area contributed by atoms with Gasteiger partial charge in [-0.15, -0.1) is 0 Å². The zero-order chi connectivity index (χ0) is 13.8. The molecule has 0 amide bonds. The highest BCUT2D eigenvalue weighted by atomic mass is 19.4. The standard InChI is InChI=1S/C13H19F3N2/c1-9-5-6-10(2)11(8-9)12(18-17)4-3-7-13(14,15)16/h5-6,8,12,18H,3-4,7,17H2,1-2H3. The molecule has 102 valence electrons. The first-order valence-corrected chi connectivity index (χ1v) is 5.93. The molecule has 1 atom stereocenters. The minimum absolute atomic E-state index is 0.0751. The van der Waals surface area contributed by atoms with Crippen molar-refractivity contribution < 1.29 is 13.2 Å². The summed E-state index contributed by atoms with van der Waals surface area (Å²) in [5, 5.41) is 0. The third-order valence-corrected chi connectivity index (χ3v) is 2.96. The predicted molar refractivity (Wildman–Crippen MR) is 65.9 cm³/mol. The molecule has 0 saturated heterocycles. The van der Waals surface area contributed by atoms with E-state index in [2.05, 4.69) is 5.43 Å². The number of hydrogen-bond donors (Lipinski definition) is 2. The van der Waals surface area contributed by atoms with Crippen molar-refractivity contribution in [3.63, 3.8) is 0 Å². The van der Waals surface area contributed by atoms with Gasteiger partial charge < -0.3 is 0 Å². The lowest BCUT2D eigenvalue weighted by molar-refractivity contribution is -0.135. The Hall–Kier alpha value is -1.07. The van der Waals surface area contributed by atoms with Gasteiger partial charge in [0.1, 0.15) is 0 Å². The highest BCUT2D eigenvalue weighted by Gasteiger charge is 2.27. The molecule has 1 aromatic rings. The predicted octanol–water partition coefficient (Wildman–Crippen LogP) is 3.54. The van der Waals surface area contributed by atoms with Gasteiger partial charge in [-0.2, -0.15) is 13.2 Å². The Kier molecular flexibility index (Phi) is 5.16. The molecule has 5 heteroatoms. The number of halogens is 3. The number of hydrazine groups is 1. The molecule has 0 saturated carbocycles. The van der Waals surface area contributed by atoms with Crippen LogP contribution >= 0.6 is 0 Å². The van der Waals surface area contributed by atoms with E-state index in [-0.39, 0.29) is 12.5 Å². The lowest BCUT2D eigenvalue weighted by atomic mass is 9.95. The van der Waals surface area contributed by atoms with Gasteiger partial charge in [0.25, 0.3) is 0 Å². The van der Waals surface area contributed by atoms with Crippen molar-refractivity contribution >= 4 is 0 Å². The second-order valence-electron chi connectivity index (χ2n) is 4.59. The van der Waals surface area contributed by atoms with Crippen LogP contribution in [-0.2, 0) is 0 Å². The maximum absolute atomic E-state index is 12.1. The fourth-order valence-electron chi connectivity index (χ4n) is 1.97. The van der Waals surface area contributed by atoms with Crippen LogP contribution in [0.5, 0.6) is 0 Å². The van der Waals surface area contributed by atoms with Gasteiger partial charge in [-0.3, -0.25) is 11.3 Å². The zero-order valence-corrected chi connectivity index (χ0v) is 10.6. The van der Waals surface area contributed by atoms with Crippen molar-refractivity contribution in [2.45, 2.75) is 45.3 Å². The monoisotopic (exact) mass is 260 g/mol. The molecular formula is C13H19F3N2. The average molecular weight is 260 g/mol. The van der Waals surface area contributed by atoms with Crippen LogP contribution in [-0.4, -0.2) is 6.18 Å². The van der Waals surface area contributed by atoms with Gasteiger partial charge in [-0.05, 0) is 37.8 Å². The third kappa shape index (κ3) is 4.66. The summed E-state index contributed by atoms with van der Waals surface area (Å²) in [6.07, 6.45) is -4.41.